The molecule has 9 aliphatic rings. The van der Waals surface area contributed by atoms with Gasteiger partial charge < -0.3 is 19.7 Å². The van der Waals surface area contributed by atoms with Crippen LogP contribution in [0.1, 0.15) is 31.2 Å². The van der Waals surface area contributed by atoms with Crippen molar-refractivity contribution in [2.24, 2.45) is 10.9 Å². The van der Waals surface area contributed by atoms with E-state index >= 15 is 0 Å². The molecule has 10 rings (SSSR count). The van der Waals surface area contributed by atoms with Gasteiger partial charge in [0.25, 0.3) is 0 Å². The minimum absolute atomic E-state index is 0.00412. The van der Waals surface area contributed by atoms with E-state index in [0.717, 1.165) is 49.5 Å². The van der Waals surface area contributed by atoms with Crippen LogP contribution >= 0.6 is 0 Å². The molecule has 44 heavy (non-hydrogen) atoms. The fourth-order valence-corrected chi connectivity index (χ4v) is 9.01. The molecule has 0 bridgehead atoms. The van der Waals surface area contributed by atoms with Crippen LogP contribution in [0, 0.1) is 5.92 Å². The van der Waals surface area contributed by atoms with Gasteiger partial charge in [-0.3, -0.25) is 4.99 Å². The van der Waals surface area contributed by atoms with E-state index in [2.05, 4.69) is 113 Å². The number of dihydropyridines is 1. The highest BCUT2D eigenvalue weighted by Crippen LogP contribution is 2.61. The first-order valence-corrected chi connectivity index (χ1v) is 16.0. The van der Waals surface area contributed by atoms with E-state index in [0.29, 0.717) is 12.0 Å². The molecule has 5 nitrogen and oxygen atoms in total. The zero-order valence-corrected chi connectivity index (χ0v) is 24.4. The van der Waals surface area contributed by atoms with Crippen molar-refractivity contribution in [2.75, 3.05) is 6.54 Å². The maximum Gasteiger partial charge on any atom is 0.132 e. The molecule has 5 atom stereocenters. The number of fused-ring (bicyclic) bond motifs is 8. The number of hydrogen-bond acceptors (Lipinski definition) is 5. The molecule has 5 unspecified atom stereocenters. The van der Waals surface area contributed by atoms with E-state index in [1.807, 2.05) is 12.4 Å². The zero-order valence-electron chi connectivity index (χ0n) is 24.4. The van der Waals surface area contributed by atoms with Crippen LogP contribution in [0.5, 0.6) is 5.75 Å². The van der Waals surface area contributed by atoms with Crippen molar-refractivity contribution in [3.63, 3.8) is 0 Å². The van der Waals surface area contributed by atoms with Crippen molar-refractivity contribution in [3.05, 3.63) is 160 Å². The van der Waals surface area contributed by atoms with Crippen molar-refractivity contribution in [3.8, 4) is 5.75 Å². The SMILES string of the molecule is C1=CCC2OC3=C(C=CC(N4C5=C(C=CNC5)C5C=CC=CC54)C3)C3(C2=C1)C1=C(C=C(C2=CN=C2)CC1)Oc1ccccc13. The third kappa shape index (κ3) is 3.22. The monoisotopic (exact) mass is 575 g/mol. The molecule has 216 valence electrons. The summed E-state index contributed by atoms with van der Waals surface area (Å²) >= 11 is 0. The van der Waals surface area contributed by atoms with E-state index in [9.17, 15) is 0 Å². The predicted octanol–water partition coefficient (Wildman–Crippen LogP) is 6.92. The quantitative estimate of drug-likeness (QED) is 0.416. The van der Waals surface area contributed by atoms with Crippen LogP contribution in [0.2, 0.25) is 0 Å². The van der Waals surface area contributed by atoms with E-state index in [-0.39, 0.29) is 12.1 Å². The van der Waals surface area contributed by atoms with Crippen molar-refractivity contribution in [1.82, 2.24) is 10.2 Å². The summed E-state index contributed by atoms with van der Waals surface area (Å²) in [5.41, 5.74) is 10.2. The summed E-state index contributed by atoms with van der Waals surface area (Å²) in [5.74, 6) is 3.45. The minimum atomic E-state index is -0.417. The lowest BCUT2D eigenvalue weighted by molar-refractivity contribution is 0.0952. The van der Waals surface area contributed by atoms with Crippen LogP contribution < -0.4 is 10.1 Å². The molecular weight excluding hydrogens is 542 g/mol. The highest BCUT2D eigenvalue weighted by molar-refractivity contribution is 5.90. The van der Waals surface area contributed by atoms with Gasteiger partial charge in [0, 0.05) is 53.6 Å². The third-order valence-corrected chi connectivity index (χ3v) is 10.9. The molecule has 0 aromatic heterocycles. The Balaban J connectivity index is 1.14. The lowest BCUT2D eigenvalue weighted by Gasteiger charge is -2.52. The Morgan fingerprint density at radius 3 is 2.89 bits per heavy atom. The molecule has 5 heterocycles. The number of para-hydroxylation sites is 1. The number of rotatable bonds is 2. The predicted molar refractivity (Wildman–Crippen MR) is 173 cm³/mol. The highest BCUT2D eigenvalue weighted by atomic mass is 16.5. The van der Waals surface area contributed by atoms with Crippen molar-refractivity contribution < 1.29 is 9.47 Å². The Kier molecular flexibility index (Phi) is 5.11. The fourth-order valence-electron chi connectivity index (χ4n) is 9.01. The molecule has 0 saturated heterocycles. The standard InChI is InChI=1S/C39H33N3O2/c1-4-10-33-27(7-1)28-17-18-40-23-34(28)42(33)26-14-16-32-38(20-26)44-36-12-6-3-9-30(36)39(32)29-8-2-5-11-35(29)43-37-19-24(13-15-31(37)39)25-21-41-22-25/h1-11,14,16-19,21-22,26-27,33,36,40H,12-13,15,20,23H2. The maximum absolute atomic E-state index is 7.06. The molecule has 0 fully saturated rings. The summed E-state index contributed by atoms with van der Waals surface area (Å²) < 4.78 is 13.8. The lowest BCUT2D eigenvalue weighted by atomic mass is 9.56. The lowest BCUT2D eigenvalue weighted by Crippen LogP contribution is -2.49. The molecule has 1 N–H and O–H groups in total. The summed E-state index contributed by atoms with van der Waals surface area (Å²) in [6, 6.07) is 9.21. The highest BCUT2D eigenvalue weighted by Gasteiger charge is 2.56. The second kappa shape index (κ2) is 9.12. The second-order valence-corrected chi connectivity index (χ2v) is 12.9. The average molecular weight is 576 g/mol. The molecule has 5 heteroatoms. The van der Waals surface area contributed by atoms with E-state index in [1.165, 1.54) is 44.7 Å². The minimum Gasteiger partial charge on any atom is -0.490 e. The number of allylic oxidation sites excluding steroid dienone is 11. The third-order valence-electron chi connectivity index (χ3n) is 10.9. The van der Waals surface area contributed by atoms with Gasteiger partial charge >= 0.3 is 0 Å². The molecule has 1 aromatic rings. The molecule has 1 spiro atoms. The number of aliphatic imine (C=N–C) groups is 1. The number of nitrogens with zero attached hydrogens (tertiary/aromatic N) is 2. The van der Waals surface area contributed by atoms with Gasteiger partial charge in [-0.1, -0.05) is 72.9 Å². The number of hydrogen-bond donors (Lipinski definition) is 1. The summed E-state index contributed by atoms with van der Waals surface area (Å²) in [7, 11) is 0. The number of nitrogens with one attached hydrogen (secondary N) is 1. The topological polar surface area (TPSA) is 46.1 Å². The van der Waals surface area contributed by atoms with Crippen LogP contribution in [-0.2, 0) is 10.2 Å². The van der Waals surface area contributed by atoms with Crippen molar-refractivity contribution in [2.45, 2.75) is 49.3 Å². The van der Waals surface area contributed by atoms with Crippen LogP contribution in [-0.4, -0.2) is 35.8 Å². The Bertz CT molecular complexity index is 1900. The Morgan fingerprint density at radius 2 is 1.95 bits per heavy atom. The zero-order chi connectivity index (χ0) is 28.8. The van der Waals surface area contributed by atoms with E-state index in [1.54, 1.807) is 0 Å². The smallest absolute Gasteiger partial charge is 0.132 e. The van der Waals surface area contributed by atoms with Crippen LogP contribution in [0.25, 0.3) is 0 Å². The Hall–Kier alpha value is -4.77. The largest absolute Gasteiger partial charge is 0.490 e. The van der Waals surface area contributed by atoms with E-state index in [4.69, 9.17) is 9.47 Å². The average Bonchev–Trinajstić information content (AvgIpc) is 3.38. The first-order chi connectivity index (χ1) is 21.8. The number of benzene rings is 1. The summed E-state index contributed by atoms with van der Waals surface area (Å²) in [6.07, 6.45) is 35.0. The summed E-state index contributed by atoms with van der Waals surface area (Å²) in [5, 5.41) is 3.49. The van der Waals surface area contributed by atoms with Gasteiger partial charge in [0.2, 0.25) is 0 Å². The van der Waals surface area contributed by atoms with Gasteiger partial charge in [-0.05, 0) is 59.6 Å². The van der Waals surface area contributed by atoms with Gasteiger partial charge in [-0.25, -0.2) is 0 Å². The Labute approximate surface area is 257 Å². The molecular formula is C39H33N3O2. The first kappa shape index (κ1) is 24.6. The van der Waals surface area contributed by atoms with Gasteiger partial charge in [0.1, 0.15) is 23.4 Å². The normalized spacial score (nSPS) is 33.2. The first-order valence-electron chi connectivity index (χ1n) is 16.0. The summed E-state index contributed by atoms with van der Waals surface area (Å²) in [6.45, 7) is 0.860. The van der Waals surface area contributed by atoms with Gasteiger partial charge in [-0.2, -0.15) is 0 Å². The van der Waals surface area contributed by atoms with Crippen LogP contribution in [0.3, 0.4) is 0 Å². The second-order valence-electron chi connectivity index (χ2n) is 12.9. The van der Waals surface area contributed by atoms with Gasteiger partial charge in [0.15, 0.2) is 0 Å². The fraction of sp³-hybridized carbons (Fsp3) is 0.256. The van der Waals surface area contributed by atoms with Gasteiger partial charge in [0.05, 0.1) is 24.0 Å². The number of ether oxygens (including phenoxy) is 2. The molecule has 0 saturated carbocycles. The van der Waals surface area contributed by atoms with Crippen LogP contribution in [0.15, 0.2) is 159 Å². The molecule has 0 radical (unpaired) electrons. The van der Waals surface area contributed by atoms with Crippen molar-refractivity contribution in [1.29, 1.82) is 0 Å². The molecule has 5 aliphatic heterocycles. The van der Waals surface area contributed by atoms with Gasteiger partial charge in [-0.15, -0.1) is 0 Å². The molecule has 0 amide bonds. The Morgan fingerprint density at radius 1 is 1.02 bits per heavy atom. The van der Waals surface area contributed by atoms with Crippen molar-refractivity contribution >= 4 is 6.21 Å². The summed E-state index contributed by atoms with van der Waals surface area (Å²) in [4.78, 5) is 6.90. The molecule has 1 aromatic carbocycles. The molecule has 4 aliphatic carbocycles. The van der Waals surface area contributed by atoms with Crippen LogP contribution in [0.4, 0.5) is 0 Å². The maximum atomic E-state index is 7.06. The van der Waals surface area contributed by atoms with E-state index < -0.39 is 5.41 Å².